The minimum atomic E-state index is 0.367. The third-order valence-corrected chi connectivity index (χ3v) is 2.96. The highest BCUT2D eigenvalue weighted by Crippen LogP contribution is 2.32. The molecule has 1 nitrogen and oxygen atoms in total. The average molecular weight is 229 g/mol. The minimum Gasteiger partial charge on any atom is -0.506 e. The Morgan fingerprint density at radius 2 is 2.18 bits per heavy atom. The average Bonchev–Trinajstić information content (AvgIpc) is 2.33. The van der Waals surface area contributed by atoms with Crippen LogP contribution in [0.1, 0.15) is 0 Å². The van der Waals surface area contributed by atoms with E-state index < -0.39 is 0 Å². The molecule has 0 saturated heterocycles. The standard InChI is InChI=1S/C8H5BrOS/c9-5-1-2-8-6(3-5)7(10)4-11-8/h1-4,10H. The van der Waals surface area contributed by atoms with E-state index in [1.165, 1.54) is 0 Å². The Kier molecular flexibility index (Phi) is 1.62. The van der Waals surface area contributed by atoms with Crippen LogP contribution in [0.4, 0.5) is 0 Å². The molecule has 2 rings (SSSR count). The number of fused-ring (bicyclic) bond motifs is 1. The van der Waals surface area contributed by atoms with Crippen LogP contribution in [0.5, 0.6) is 5.75 Å². The van der Waals surface area contributed by atoms with Crippen LogP contribution >= 0.6 is 27.3 Å². The van der Waals surface area contributed by atoms with Gasteiger partial charge in [0.25, 0.3) is 0 Å². The Balaban J connectivity index is 2.87. The lowest BCUT2D eigenvalue weighted by atomic mass is 10.2. The fourth-order valence-electron chi connectivity index (χ4n) is 0.988. The van der Waals surface area contributed by atoms with Crippen LogP contribution < -0.4 is 0 Å². The van der Waals surface area contributed by atoms with Gasteiger partial charge in [-0.25, -0.2) is 0 Å². The zero-order valence-corrected chi connectivity index (χ0v) is 7.95. The lowest BCUT2D eigenvalue weighted by Crippen LogP contribution is -1.64. The van der Waals surface area contributed by atoms with Crippen LogP contribution in [0, 0.1) is 0 Å². The molecule has 0 unspecified atom stereocenters. The Morgan fingerprint density at radius 3 is 3.00 bits per heavy atom. The second-order valence-electron chi connectivity index (χ2n) is 2.26. The molecule has 11 heavy (non-hydrogen) atoms. The van der Waals surface area contributed by atoms with Gasteiger partial charge in [0.15, 0.2) is 0 Å². The van der Waals surface area contributed by atoms with Crippen molar-refractivity contribution >= 4 is 37.4 Å². The van der Waals surface area contributed by atoms with Gasteiger partial charge in [0.05, 0.1) is 0 Å². The first kappa shape index (κ1) is 7.13. The highest BCUT2D eigenvalue weighted by atomic mass is 79.9. The quantitative estimate of drug-likeness (QED) is 0.734. The van der Waals surface area contributed by atoms with Crippen molar-refractivity contribution in [2.24, 2.45) is 0 Å². The summed E-state index contributed by atoms with van der Waals surface area (Å²) >= 11 is 4.90. The van der Waals surface area contributed by atoms with Gasteiger partial charge in [-0.1, -0.05) is 15.9 Å². The van der Waals surface area contributed by atoms with Crippen molar-refractivity contribution in [2.75, 3.05) is 0 Å². The summed E-state index contributed by atoms with van der Waals surface area (Å²) in [6.45, 7) is 0. The van der Waals surface area contributed by atoms with Crippen molar-refractivity contribution in [1.29, 1.82) is 0 Å². The first-order valence-corrected chi connectivity index (χ1v) is 4.80. The molecule has 2 aromatic rings. The monoisotopic (exact) mass is 228 g/mol. The van der Waals surface area contributed by atoms with Gasteiger partial charge in [-0.05, 0) is 18.2 Å². The third-order valence-electron chi connectivity index (χ3n) is 1.52. The lowest BCUT2D eigenvalue weighted by Gasteiger charge is -1.90. The van der Waals surface area contributed by atoms with Gasteiger partial charge in [-0.3, -0.25) is 0 Å². The number of benzene rings is 1. The highest BCUT2D eigenvalue weighted by molar-refractivity contribution is 9.10. The smallest absolute Gasteiger partial charge is 0.134 e. The molecule has 56 valence electrons. The summed E-state index contributed by atoms with van der Waals surface area (Å²) < 4.78 is 2.12. The SMILES string of the molecule is Oc1csc2ccc(Br)cc12. The van der Waals surface area contributed by atoms with E-state index in [2.05, 4.69) is 15.9 Å². The first-order valence-electron chi connectivity index (χ1n) is 3.13. The zero-order valence-electron chi connectivity index (χ0n) is 5.54. The van der Waals surface area contributed by atoms with Crippen LogP contribution in [-0.2, 0) is 0 Å². The molecule has 1 aromatic carbocycles. The molecule has 3 heteroatoms. The molecule has 0 bridgehead atoms. The number of thiophene rings is 1. The van der Waals surface area contributed by atoms with E-state index in [1.807, 2.05) is 18.2 Å². The topological polar surface area (TPSA) is 20.2 Å². The van der Waals surface area contributed by atoms with Crippen LogP contribution in [0.25, 0.3) is 10.1 Å². The van der Waals surface area contributed by atoms with Crippen molar-refractivity contribution in [3.8, 4) is 5.75 Å². The highest BCUT2D eigenvalue weighted by Gasteiger charge is 2.01. The van der Waals surface area contributed by atoms with E-state index in [9.17, 15) is 5.11 Å². The maximum Gasteiger partial charge on any atom is 0.134 e. The summed E-state index contributed by atoms with van der Waals surface area (Å²) in [6, 6.07) is 5.88. The van der Waals surface area contributed by atoms with E-state index >= 15 is 0 Å². The molecular weight excluding hydrogens is 224 g/mol. The lowest BCUT2D eigenvalue weighted by molar-refractivity contribution is 0.483. The molecule has 1 heterocycles. The molecule has 0 atom stereocenters. The molecule has 0 spiro atoms. The van der Waals surface area contributed by atoms with Crippen LogP contribution in [0.15, 0.2) is 28.1 Å². The molecule has 0 amide bonds. The molecule has 0 aliphatic heterocycles. The molecule has 0 aliphatic carbocycles. The van der Waals surface area contributed by atoms with Gasteiger partial charge in [-0.15, -0.1) is 11.3 Å². The minimum absolute atomic E-state index is 0.367. The molecular formula is C8H5BrOS. The van der Waals surface area contributed by atoms with Crippen LogP contribution in [-0.4, -0.2) is 5.11 Å². The number of aromatic hydroxyl groups is 1. The number of rotatable bonds is 0. The molecule has 0 saturated carbocycles. The Bertz CT molecular complexity index is 394. The van der Waals surface area contributed by atoms with Crippen LogP contribution in [0.3, 0.4) is 0 Å². The van der Waals surface area contributed by atoms with Gasteiger partial charge in [0, 0.05) is 19.9 Å². The van der Waals surface area contributed by atoms with Gasteiger partial charge < -0.3 is 5.11 Å². The van der Waals surface area contributed by atoms with E-state index in [1.54, 1.807) is 16.7 Å². The normalized spacial score (nSPS) is 10.6. The predicted octanol–water partition coefficient (Wildman–Crippen LogP) is 3.37. The van der Waals surface area contributed by atoms with Gasteiger partial charge in [-0.2, -0.15) is 0 Å². The van der Waals surface area contributed by atoms with E-state index in [4.69, 9.17) is 0 Å². The Hall–Kier alpha value is -0.540. The van der Waals surface area contributed by atoms with Gasteiger partial charge in [0.2, 0.25) is 0 Å². The van der Waals surface area contributed by atoms with Crippen LogP contribution in [0.2, 0.25) is 0 Å². The summed E-state index contributed by atoms with van der Waals surface area (Å²) in [5, 5.41) is 12.0. The number of hydrogen-bond acceptors (Lipinski definition) is 2. The second kappa shape index (κ2) is 2.50. The van der Waals surface area contributed by atoms with E-state index in [-0.39, 0.29) is 0 Å². The second-order valence-corrected chi connectivity index (χ2v) is 4.09. The summed E-state index contributed by atoms with van der Waals surface area (Å²) in [5.74, 6) is 0.367. The summed E-state index contributed by atoms with van der Waals surface area (Å²) in [7, 11) is 0. The summed E-state index contributed by atoms with van der Waals surface area (Å²) in [6.07, 6.45) is 0. The third kappa shape index (κ3) is 1.14. The molecule has 0 radical (unpaired) electrons. The summed E-state index contributed by atoms with van der Waals surface area (Å²) in [4.78, 5) is 0. The van der Waals surface area contributed by atoms with Crippen molar-refractivity contribution in [3.63, 3.8) is 0 Å². The molecule has 1 aromatic heterocycles. The Labute approximate surface area is 76.4 Å². The zero-order chi connectivity index (χ0) is 7.84. The fraction of sp³-hybridized carbons (Fsp3) is 0. The fourth-order valence-corrected chi connectivity index (χ4v) is 2.15. The van der Waals surface area contributed by atoms with Crippen molar-refractivity contribution in [3.05, 3.63) is 28.1 Å². The van der Waals surface area contributed by atoms with Crippen molar-refractivity contribution in [1.82, 2.24) is 0 Å². The van der Waals surface area contributed by atoms with Gasteiger partial charge in [0.1, 0.15) is 5.75 Å². The first-order chi connectivity index (χ1) is 5.27. The maximum absolute atomic E-state index is 9.33. The maximum atomic E-state index is 9.33. The predicted molar refractivity (Wildman–Crippen MR) is 51.2 cm³/mol. The largest absolute Gasteiger partial charge is 0.506 e. The molecule has 1 N–H and O–H groups in total. The van der Waals surface area contributed by atoms with Gasteiger partial charge >= 0.3 is 0 Å². The van der Waals surface area contributed by atoms with Crippen molar-refractivity contribution in [2.45, 2.75) is 0 Å². The number of halogens is 1. The Morgan fingerprint density at radius 1 is 1.36 bits per heavy atom. The van der Waals surface area contributed by atoms with E-state index in [0.29, 0.717) is 5.75 Å². The summed E-state index contributed by atoms with van der Waals surface area (Å²) in [5.41, 5.74) is 0. The molecule has 0 aliphatic rings. The molecule has 0 fully saturated rings. The van der Waals surface area contributed by atoms with Crippen molar-refractivity contribution < 1.29 is 5.11 Å². The van der Waals surface area contributed by atoms with E-state index in [0.717, 1.165) is 14.6 Å². The number of hydrogen-bond donors (Lipinski definition) is 1.